The van der Waals surface area contributed by atoms with Crippen LogP contribution in [0.3, 0.4) is 0 Å². The van der Waals surface area contributed by atoms with Crippen LogP contribution < -0.4 is 4.74 Å². The molecule has 0 fully saturated rings. The van der Waals surface area contributed by atoms with Crippen LogP contribution in [0.5, 0.6) is 5.75 Å². The molecule has 0 atom stereocenters. The zero-order chi connectivity index (χ0) is 10.1. The largest absolute Gasteiger partial charge is 0.573 e. The third-order valence-electron chi connectivity index (χ3n) is 1.31. The van der Waals surface area contributed by atoms with E-state index in [-0.39, 0.29) is 5.75 Å². The van der Waals surface area contributed by atoms with E-state index >= 15 is 0 Å². The Morgan fingerprint density at radius 1 is 1.46 bits per heavy atom. The highest BCUT2D eigenvalue weighted by atomic mass is 32.1. The Hall–Kier alpha value is -1.04. The van der Waals surface area contributed by atoms with Gasteiger partial charge < -0.3 is 9.72 Å². The summed E-state index contributed by atoms with van der Waals surface area (Å²) in [6.07, 6.45) is -3.58. The molecule has 1 heterocycles. The van der Waals surface area contributed by atoms with Crippen LogP contribution in [-0.2, 0) is 0 Å². The van der Waals surface area contributed by atoms with Crippen molar-refractivity contribution in [3.05, 3.63) is 22.5 Å². The zero-order valence-electron chi connectivity index (χ0n) is 6.61. The fraction of sp³-hybridized carbons (Fsp3) is 0.286. The maximum absolute atomic E-state index is 11.8. The average Bonchev–Trinajstić information content (AvgIpc) is 1.93. The average molecular weight is 209 g/mol. The van der Waals surface area contributed by atoms with Crippen LogP contribution in [-0.4, -0.2) is 11.3 Å². The molecule has 0 aliphatic carbocycles. The maximum Gasteiger partial charge on any atom is 0.573 e. The van der Waals surface area contributed by atoms with Gasteiger partial charge in [0.2, 0.25) is 0 Å². The first kappa shape index (κ1) is 10.0. The number of rotatable bonds is 1. The molecule has 0 saturated carbocycles. The normalized spacial score (nSPS) is 11.4. The molecular formula is C7H6F3NOS. The van der Waals surface area contributed by atoms with Gasteiger partial charge in [-0.3, -0.25) is 0 Å². The number of aromatic amines is 1. The number of hydrogen-bond donors (Lipinski definition) is 1. The molecule has 13 heavy (non-hydrogen) atoms. The molecule has 6 heteroatoms. The fourth-order valence-corrected chi connectivity index (χ4v) is 1.03. The highest BCUT2D eigenvalue weighted by Gasteiger charge is 2.31. The molecule has 0 aliphatic heterocycles. The molecule has 0 amide bonds. The Bertz CT molecular complexity index is 357. The van der Waals surface area contributed by atoms with Gasteiger partial charge in [0.1, 0.15) is 10.4 Å². The third-order valence-corrected chi connectivity index (χ3v) is 1.54. The van der Waals surface area contributed by atoms with Crippen molar-refractivity contribution in [1.29, 1.82) is 0 Å². The maximum atomic E-state index is 11.8. The molecule has 72 valence electrons. The van der Waals surface area contributed by atoms with Gasteiger partial charge in [-0.2, -0.15) is 0 Å². The second kappa shape index (κ2) is 3.37. The summed E-state index contributed by atoms with van der Waals surface area (Å²) in [5, 5.41) is 0. The van der Waals surface area contributed by atoms with Crippen LogP contribution >= 0.6 is 12.2 Å². The molecule has 0 radical (unpaired) electrons. The van der Waals surface area contributed by atoms with E-state index in [4.69, 9.17) is 12.2 Å². The van der Waals surface area contributed by atoms with Gasteiger partial charge in [-0.1, -0.05) is 12.2 Å². The van der Waals surface area contributed by atoms with Gasteiger partial charge in [0, 0.05) is 6.20 Å². The van der Waals surface area contributed by atoms with Gasteiger partial charge in [0.05, 0.1) is 0 Å². The van der Waals surface area contributed by atoms with Gasteiger partial charge in [-0.25, -0.2) is 0 Å². The first-order valence-corrected chi connectivity index (χ1v) is 3.74. The summed E-state index contributed by atoms with van der Waals surface area (Å²) in [7, 11) is 0. The van der Waals surface area contributed by atoms with E-state index in [1.54, 1.807) is 0 Å². The minimum absolute atomic E-state index is 0.263. The van der Waals surface area contributed by atoms with Crippen LogP contribution in [0.4, 0.5) is 13.2 Å². The molecule has 0 unspecified atom stereocenters. The minimum atomic E-state index is -4.67. The molecule has 0 aromatic carbocycles. The number of halogens is 3. The van der Waals surface area contributed by atoms with E-state index in [1.807, 2.05) is 0 Å². The molecule has 0 spiro atoms. The molecule has 2 nitrogen and oxygen atoms in total. The molecule has 1 aromatic heterocycles. The highest BCUT2D eigenvalue weighted by Crippen LogP contribution is 2.24. The summed E-state index contributed by atoms with van der Waals surface area (Å²) < 4.78 is 39.4. The molecule has 1 rings (SSSR count). The van der Waals surface area contributed by atoms with Crippen LogP contribution in [0.25, 0.3) is 0 Å². The van der Waals surface area contributed by atoms with E-state index in [0.29, 0.717) is 10.2 Å². The molecule has 1 N–H and O–H groups in total. The summed E-state index contributed by atoms with van der Waals surface area (Å²) in [6, 6.07) is 1.40. The third kappa shape index (κ3) is 3.06. The Balaban J connectivity index is 2.97. The lowest BCUT2D eigenvalue weighted by Crippen LogP contribution is -2.17. The SMILES string of the molecule is Cc1cc(=S)[nH]cc1OC(F)(F)F. The lowest BCUT2D eigenvalue weighted by atomic mass is 10.3. The van der Waals surface area contributed by atoms with Crippen molar-refractivity contribution in [1.82, 2.24) is 4.98 Å². The predicted octanol–water partition coefficient (Wildman–Crippen LogP) is 2.95. The molecular weight excluding hydrogens is 203 g/mol. The monoisotopic (exact) mass is 209 g/mol. The summed E-state index contributed by atoms with van der Waals surface area (Å²) >= 11 is 4.71. The number of hydrogen-bond acceptors (Lipinski definition) is 2. The number of pyridine rings is 1. The minimum Gasteiger partial charge on any atom is -0.404 e. The van der Waals surface area contributed by atoms with Gasteiger partial charge in [0.25, 0.3) is 0 Å². The van der Waals surface area contributed by atoms with Crippen LogP contribution in [0, 0.1) is 11.6 Å². The van der Waals surface area contributed by atoms with Crippen LogP contribution in [0.2, 0.25) is 0 Å². The fourth-order valence-electron chi connectivity index (χ4n) is 0.795. The lowest BCUT2D eigenvalue weighted by molar-refractivity contribution is -0.275. The Morgan fingerprint density at radius 3 is 2.54 bits per heavy atom. The van der Waals surface area contributed by atoms with Gasteiger partial charge in [-0.05, 0) is 18.6 Å². The Labute approximate surface area is 77.3 Å². The second-order valence-electron chi connectivity index (χ2n) is 2.39. The summed E-state index contributed by atoms with van der Waals surface area (Å²) in [5.74, 6) is -0.263. The van der Waals surface area contributed by atoms with Gasteiger partial charge >= 0.3 is 6.36 Å². The molecule has 1 aromatic rings. The van der Waals surface area contributed by atoms with E-state index < -0.39 is 6.36 Å². The lowest BCUT2D eigenvalue weighted by Gasteiger charge is -2.10. The Morgan fingerprint density at radius 2 is 2.08 bits per heavy atom. The van der Waals surface area contributed by atoms with E-state index in [2.05, 4.69) is 9.72 Å². The Kier molecular flexibility index (Phi) is 2.60. The smallest absolute Gasteiger partial charge is 0.404 e. The van der Waals surface area contributed by atoms with Crippen LogP contribution in [0.15, 0.2) is 12.3 Å². The molecule has 0 aliphatic rings. The van der Waals surface area contributed by atoms with Crippen molar-refractivity contribution in [2.75, 3.05) is 0 Å². The van der Waals surface area contributed by atoms with E-state index in [1.165, 1.54) is 13.0 Å². The highest BCUT2D eigenvalue weighted by molar-refractivity contribution is 7.71. The topological polar surface area (TPSA) is 25.0 Å². The standard InChI is InChI=1S/C7H6F3NOS/c1-4-2-6(13)11-3-5(4)12-7(8,9)10/h2-3H,1H3,(H,11,13). The van der Waals surface area contributed by atoms with E-state index in [0.717, 1.165) is 6.20 Å². The van der Waals surface area contributed by atoms with Gasteiger partial charge in [0.15, 0.2) is 0 Å². The zero-order valence-corrected chi connectivity index (χ0v) is 7.42. The first-order valence-electron chi connectivity index (χ1n) is 3.33. The van der Waals surface area contributed by atoms with E-state index in [9.17, 15) is 13.2 Å². The van der Waals surface area contributed by atoms with Crippen molar-refractivity contribution >= 4 is 12.2 Å². The van der Waals surface area contributed by atoms with Crippen molar-refractivity contribution < 1.29 is 17.9 Å². The number of nitrogens with one attached hydrogen (secondary N) is 1. The van der Waals surface area contributed by atoms with Gasteiger partial charge in [-0.15, -0.1) is 13.2 Å². The first-order chi connectivity index (χ1) is 5.88. The molecule has 0 saturated heterocycles. The van der Waals surface area contributed by atoms with Crippen molar-refractivity contribution in [2.45, 2.75) is 13.3 Å². The summed E-state index contributed by atoms with van der Waals surface area (Å²) in [4.78, 5) is 2.45. The summed E-state index contributed by atoms with van der Waals surface area (Å²) in [6.45, 7) is 1.49. The number of alkyl halides is 3. The summed E-state index contributed by atoms with van der Waals surface area (Å²) in [5.41, 5.74) is 0.348. The second-order valence-corrected chi connectivity index (χ2v) is 2.83. The number of aromatic nitrogens is 1. The number of H-pyrrole nitrogens is 1. The number of aryl methyl sites for hydroxylation is 1. The molecule has 0 bridgehead atoms. The van der Waals surface area contributed by atoms with Crippen molar-refractivity contribution in [3.8, 4) is 5.75 Å². The quantitative estimate of drug-likeness (QED) is 0.719. The number of ether oxygens (including phenoxy) is 1. The predicted molar refractivity (Wildman–Crippen MR) is 43.0 cm³/mol. The van der Waals surface area contributed by atoms with Crippen LogP contribution in [0.1, 0.15) is 5.56 Å². The van der Waals surface area contributed by atoms with Crippen molar-refractivity contribution in [3.63, 3.8) is 0 Å². The van der Waals surface area contributed by atoms with Crippen molar-refractivity contribution in [2.24, 2.45) is 0 Å².